The van der Waals surface area contributed by atoms with Gasteiger partial charge in [-0.2, -0.15) is 0 Å². The third-order valence-corrected chi connectivity index (χ3v) is 4.89. The Hall–Kier alpha value is -1.78. The van der Waals surface area contributed by atoms with Crippen LogP contribution >= 0.6 is 0 Å². The minimum absolute atomic E-state index is 0.333. The van der Waals surface area contributed by atoms with Crippen molar-refractivity contribution in [1.82, 2.24) is 9.88 Å². The van der Waals surface area contributed by atoms with Crippen molar-refractivity contribution in [3.63, 3.8) is 0 Å². The number of hydrogen-bond donors (Lipinski definition) is 1. The fraction of sp³-hybridized carbons (Fsp3) is 0.444. The van der Waals surface area contributed by atoms with E-state index >= 15 is 0 Å². The molecule has 0 saturated carbocycles. The number of aromatic nitrogens is 1. The summed E-state index contributed by atoms with van der Waals surface area (Å²) in [6, 6.07) is 11.6. The largest absolute Gasteiger partial charge is 0.378 e. The second kappa shape index (κ2) is 5.78. The van der Waals surface area contributed by atoms with E-state index in [9.17, 15) is 0 Å². The van der Waals surface area contributed by atoms with Crippen LogP contribution in [0.15, 0.2) is 36.5 Å². The van der Waals surface area contributed by atoms with Gasteiger partial charge in [-0.05, 0) is 48.9 Å². The van der Waals surface area contributed by atoms with Crippen molar-refractivity contribution in [3.05, 3.63) is 53.3 Å². The molecule has 1 aromatic carbocycles. The SMILES string of the molecule is CN1CCc2ccc(N3CCOCC3)cc2C1c1ccc[nH]1. The Labute approximate surface area is 131 Å². The molecule has 1 N–H and O–H groups in total. The van der Waals surface area contributed by atoms with E-state index in [4.69, 9.17) is 4.74 Å². The van der Waals surface area contributed by atoms with E-state index in [0.717, 1.165) is 39.3 Å². The summed E-state index contributed by atoms with van der Waals surface area (Å²) in [4.78, 5) is 8.28. The quantitative estimate of drug-likeness (QED) is 0.924. The molecule has 1 unspecified atom stereocenters. The molecule has 2 aromatic rings. The third-order valence-electron chi connectivity index (χ3n) is 4.89. The number of likely N-dealkylation sites (N-methyl/N-ethyl adjacent to an activating group) is 1. The maximum absolute atomic E-state index is 5.48. The van der Waals surface area contributed by atoms with Gasteiger partial charge < -0.3 is 14.6 Å². The van der Waals surface area contributed by atoms with Gasteiger partial charge in [0.15, 0.2) is 0 Å². The van der Waals surface area contributed by atoms with Gasteiger partial charge >= 0.3 is 0 Å². The first kappa shape index (κ1) is 13.9. The highest BCUT2D eigenvalue weighted by atomic mass is 16.5. The highest BCUT2D eigenvalue weighted by Gasteiger charge is 2.27. The molecule has 4 heteroatoms. The summed E-state index contributed by atoms with van der Waals surface area (Å²) in [5.74, 6) is 0. The average Bonchev–Trinajstić information content (AvgIpc) is 3.09. The molecule has 4 nitrogen and oxygen atoms in total. The van der Waals surface area contributed by atoms with Crippen molar-refractivity contribution < 1.29 is 4.74 Å². The van der Waals surface area contributed by atoms with Gasteiger partial charge in [-0.15, -0.1) is 0 Å². The monoisotopic (exact) mass is 297 g/mol. The molecule has 0 spiro atoms. The van der Waals surface area contributed by atoms with Gasteiger partial charge in [0, 0.05) is 37.2 Å². The first-order chi connectivity index (χ1) is 10.8. The molecule has 1 fully saturated rings. The van der Waals surface area contributed by atoms with Crippen LogP contribution in [-0.4, -0.2) is 49.8 Å². The summed E-state index contributed by atoms with van der Waals surface area (Å²) in [7, 11) is 2.22. The predicted molar refractivity (Wildman–Crippen MR) is 88.4 cm³/mol. The molecule has 1 atom stereocenters. The first-order valence-corrected chi connectivity index (χ1v) is 8.12. The number of H-pyrrole nitrogens is 1. The molecule has 0 amide bonds. The lowest BCUT2D eigenvalue weighted by Crippen LogP contribution is -2.37. The lowest BCUT2D eigenvalue weighted by atomic mass is 9.90. The van der Waals surface area contributed by atoms with Gasteiger partial charge in [-0.25, -0.2) is 0 Å². The van der Waals surface area contributed by atoms with E-state index in [-0.39, 0.29) is 0 Å². The molecular weight excluding hydrogens is 274 g/mol. The maximum atomic E-state index is 5.48. The molecule has 3 heterocycles. The van der Waals surface area contributed by atoms with Crippen molar-refractivity contribution >= 4 is 5.69 Å². The van der Waals surface area contributed by atoms with Crippen molar-refractivity contribution in [2.45, 2.75) is 12.5 Å². The number of aromatic amines is 1. The smallest absolute Gasteiger partial charge is 0.0755 e. The number of anilines is 1. The van der Waals surface area contributed by atoms with Crippen LogP contribution in [0.25, 0.3) is 0 Å². The lowest BCUT2D eigenvalue weighted by molar-refractivity contribution is 0.122. The summed E-state index contributed by atoms with van der Waals surface area (Å²) in [5.41, 5.74) is 5.53. The fourth-order valence-electron chi connectivity index (χ4n) is 3.67. The molecule has 22 heavy (non-hydrogen) atoms. The molecule has 4 rings (SSSR count). The third kappa shape index (κ3) is 2.42. The Kier molecular flexibility index (Phi) is 3.64. The molecule has 1 aromatic heterocycles. The van der Waals surface area contributed by atoms with Crippen LogP contribution in [0.2, 0.25) is 0 Å². The van der Waals surface area contributed by atoms with E-state index in [2.05, 4.69) is 52.2 Å². The minimum atomic E-state index is 0.333. The molecule has 2 aliphatic heterocycles. The van der Waals surface area contributed by atoms with E-state index in [1.807, 2.05) is 6.20 Å². The Balaban J connectivity index is 1.73. The molecule has 2 aliphatic rings. The summed E-state index contributed by atoms with van der Waals surface area (Å²) >= 11 is 0. The first-order valence-electron chi connectivity index (χ1n) is 8.12. The number of rotatable bonds is 2. The highest BCUT2D eigenvalue weighted by Crippen LogP contribution is 2.35. The summed E-state index contributed by atoms with van der Waals surface area (Å²) in [6.45, 7) is 4.74. The van der Waals surface area contributed by atoms with Gasteiger partial charge in [0.05, 0.1) is 19.3 Å². The Bertz CT molecular complexity index is 632. The zero-order valence-corrected chi connectivity index (χ0v) is 13.1. The number of hydrogen-bond acceptors (Lipinski definition) is 3. The van der Waals surface area contributed by atoms with Crippen LogP contribution in [0.1, 0.15) is 22.9 Å². The standard InChI is InChI=1S/C18H23N3O/c1-20-8-6-14-4-5-15(21-9-11-22-12-10-21)13-16(14)18(20)17-3-2-7-19-17/h2-5,7,13,18-19H,6,8-12H2,1H3. The van der Waals surface area contributed by atoms with E-state index in [0.29, 0.717) is 6.04 Å². The van der Waals surface area contributed by atoms with Crippen molar-refractivity contribution in [2.75, 3.05) is 44.8 Å². The molecule has 1 saturated heterocycles. The van der Waals surface area contributed by atoms with Crippen LogP contribution in [0.4, 0.5) is 5.69 Å². The number of nitrogens with one attached hydrogen (secondary N) is 1. The summed E-state index contributed by atoms with van der Waals surface area (Å²) in [5, 5.41) is 0. The average molecular weight is 297 g/mol. The van der Waals surface area contributed by atoms with Crippen molar-refractivity contribution in [2.24, 2.45) is 0 Å². The summed E-state index contributed by atoms with van der Waals surface area (Å²) < 4.78 is 5.48. The van der Waals surface area contributed by atoms with E-state index in [1.165, 1.54) is 22.5 Å². The van der Waals surface area contributed by atoms with Crippen molar-refractivity contribution in [3.8, 4) is 0 Å². The molecule has 0 aliphatic carbocycles. The van der Waals surface area contributed by atoms with Crippen LogP contribution < -0.4 is 4.90 Å². The fourth-order valence-corrected chi connectivity index (χ4v) is 3.67. The number of fused-ring (bicyclic) bond motifs is 1. The van der Waals surface area contributed by atoms with Crippen molar-refractivity contribution in [1.29, 1.82) is 0 Å². The second-order valence-electron chi connectivity index (χ2n) is 6.24. The van der Waals surface area contributed by atoms with Gasteiger partial charge in [0.25, 0.3) is 0 Å². The van der Waals surface area contributed by atoms with Crippen LogP contribution in [0.5, 0.6) is 0 Å². The van der Waals surface area contributed by atoms with Gasteiger partial charge in [-0.1, -0.05) is 6.07 Å². The lowest BCUT2D eigenvalue weighted by Gasteiger charge is -2.36. The molecule has 0 bridgehead atoms. The van der Waals surface area contributed by atoms with Crippen LogP contribution in [-0.2, 0) is 11.2 Å². The topological polar surface area (TPSA) is 31.5 Å². The zero-order valence-electron chi connectivity index (χ0n) is 13.1. The van der Waals surface area contributed by atoms with Crippen LogP contribution in [0.3, 0.4) is 0 Å². The number of benzene rings is 1. The van der Waals surface area contributed by atoms with Crippen LogP contribution in [0, 0.1) is 0 Å². The van der Waals surface area contributed by atoms with E-state index in [1.54, 1.807) is 0 Å². The molecule has 0 radical (unpaired) electrons. The van der Waals surface area contributed by atoms with Gasteiger partial charge in [0.1, 0.15) is 0 Å². The second-order valence-corrected chi connectivity index (χ2v) is 6.24. The Morgan fingerprint density at radius 3 is 2.77 bits per heavy atom. The summed E-state index contributed by atoms with van der Waals surface area (Å²) in [6.07, 6.45) is 3.15. The Morgan fingerprint density at radius 1 is 1.14 bits per heavy atom. The predicted octanol–water partition coefficient (Wildman–Crippen LogP) is 2.43. The number of nitrogens with zero attached hydrogens (tertiary/aromatic N) is 2. The Morgan fingerprint density at radius 2 is 2.00 bits per heavy atom. The maximum Gasteiger partial charge on any atom is 0.0755 e. The number of morpholine rings is 1. The number of ether oxygens (including phenoxy) is 1. The van der Waals surface area contributed by atoms with Gasteiger partial charge in [0.2, 0.25) is 0 Å². The van der Waals surface area contributed by atoms with Gasteiger partial charge in [-0.3, -0.25) is 4.90 Å². The zero-order chi connectivity index (χ0) is 14.9. The minimum Gasteiger partial charge on any atom is -0.378 e. The molecular formula is C18H23N3O. The highest BCUT2D eigenvalue weighted by molar-refractivity contribution is 5.54. The van der Waals surface area contributed by atoms with E-state index < -0.39 is 0 Å². The molecule has 116 valence electrons. The normalized spacial score (nSPS) is 22.6.